The minimum Gasteiger partial charge on any atom is -0.349 e. The summed E-state index contributed by atoms with van der Waals surface area (Å²) < 4.78 is 0. The van der Waals surface area contributed by atoms with E-state index in [-0.39, 0.29) is 18.0 Å². The van der Waals surface area contributed by atoms with Crippen LogP contribution in [0.25, 0.3) is 0 Å². The number of hydrogen-bond acceptors (Lipinski definition) is 2. The molecule has 0 aliphatic heterocycles. The molecule has 1 amide bonds. The Morgan fingerprint density at radius 1 is 1.10 bits per heavy atom. The third-order valence-corrected chi connectivity index (χ3v) is 3.77. The van der Waals surface area contributed by atoms with E-state index in [0.29, 0.717) is 12.3 Å². The van der Waals surface area contributed by atoms with E-state index in [9.17, 15) is 4.79 Å². The van der Waals surface area contributed by atoms with Crippen molar-refractivity contribution in [3.05, 3.63) is 35.4 Å². The monoisotopic (exact) mass is 290 g/mol. The fourth-order valence-electron chi connectivity index (χ4n) is 2.53. The molecule has 1 rings (SSSR count). The molecular formula is C18H30N2O. The predicted octanol–water partition coefficient (Wildman–Crippen LogP) is 3.45. The van der Waals surface area contributed by atoms with Crippen LogP contribution in [0, 0.1) is 5.92 Å². The topological polar surface area (TPSA) is 41.1 Å². The number of aryl methyl sites for hydroxylation is 1. The summed E-state index contributed by atoms with van der Waals surface area (Å²) in [6.07, 6.45) is 1.56. The van der Waals surface area contributed by atoms with E-state index in [1.807, 2.05) is 6.92 Å². The average Bonchev–Trinajstić information content (AvgIpc) is 2.45. The van der Waals surface area contributed by atoms with Gasteiger partial charge in [0.25, 0.3) is 0 Å². The van der Waals surface area contributed by atoms with Crippen LogP contribution < -0.4 is 10.6 Å². The Morgan fingerprint density at radius 3 is 2.19 bits per heavy atom. The number of amides is 1. The number of nitrogens with one attached hydrogen (secondary N) is 2. The normalized spacial score (nSPS) is 14.0. The van der Waals surface area contributed by atoms with E-state index in [4.69, 9.17) is 0 Å². The maximum atomic E-state index is 12.2. The Labute approximate surface area is 129 Å². The van der Waals surface area contributed by atoms with E-state index in [0.717, 1.165) is 13.0 Å². The van der Waals surface area contributed by atoms with E-state index < -0.39 is 0 Å². The van der Waals surface area contributed by atoms with Crippen molar-refractivity contribution in [2.75, 3.05) is 6.54 Å². The van der Waals surface area contributed by atoms with Crippen molar-refractivity contribution in [2.24, 2.45) is 5.92 Å². The first kappa shape index (κ1) is 17.7. The van der Waals surface area contributed by atoms with Gasteiger partial charge < -0.3 is 10.6 Å². The minimum atomic E-state index is 0.0808. The fourth-order valence-corrected chi connectivity index (χ4v) is 2.53. The van der Waals surface area contributed by atoms with Crippen LogP contribution in [0.3, 0.4) is 0 Å². The van der Waals surface area contributed by atoms with E-state index >= 15 is 0 Å². The van der Waals surface area contributed by atoms with Crippen molar-refractivity contribution in [1.82, 2.24) is 10.6 Å². The van der Waals surface area contributed by atoms with Crippen molar-refractivity contribution in [2.45, 2.75) is 59.5 Å². The largest absolute Gasteiger partial charge is 0.349 e. The van der Waals surface area contributed by atoms with Gasteiger partial charge in [0.05, 0.1) is 6.04 Å². The summed E-state index contributed by atoms with van der Waals surface area (Å²) >= 11 is 0. The van der Waals surface area contributed by atoms with Crippen molar-refractivity contribution >= 4 is 5.91 Å². The quantitative estimate of drug-likeness (QED) is 0.770. The molecule has 2 unspecified atom stereocenters. The van der Waals surface area contributed by atoms with E-state index in [2.05, 4.69) is 62.6 Å². The molecule has 21 heavy (non-hydrogen) atoms. The highest BCUT2D eigenvalue weighted by molar-refractivity contribution is 5.77. The third kappa shape index (κ3) is 5.88. The van der Waals surface area contributed by atoms with Crippen LogP contribution in [0.4, 0.5) is 0 Å². The Kier molecular flexibility index (Phi) is 7.44. The van der Waals surface area contributed by atoms with Crippen LogP contribution in [0.2, 0.25) is 0 Å². The maximum absolute atomic E-state index is 12.2. The highest BCUT2D eigenvalue weighted by atomic mass is 16.1. The smallest absolute Gasteiger partial charge is 0.222 e. The Bertz CT molecular complexity index is 425. The van der Waals surface area contributed by atoms with Crippen molar-refractivity contribution in [3.63, 3.8) is 0 Å². The predicted molar refractivity (Wildman–Crippen MR) is 89.3 cm³/mol. The summed E-state index contributed by atoms with van der Waals surface area (Å²) in [4.78, 5) is 12.2. The Balaban J connectivity index is 2.70. The fraction of sp³-hybridized carbons (Fsp3) is 0.611. The first-order chi connectivity index (χ1) is 9.97. The maximum Gasteiger partial charge on any atom is 0.222 e. The molecule has 118 valence electrons. The van der Waals surface area contributed by atoms with Crippen LogP contribution in [-0.2, 0) is 11.2 Å². The summed E-state index contributed by atoms with van der Waals surface area (Å²) in [5.41, 5.74) is 2.51. The van der Waals surface area contributed by atoms with Crippen molar-refractivity contribution in [3.8, 4) is 0 Å². The highest BCUT2D eigenvalue weighted by Gasteiger charge is 2.19. The molecule has 1 aromatic carbocycles. The molecule has 3 nitrogen and oxygen atoms in total. The molecule has 0 fully saturated rings. The minimum absolute atomic E-state index is 0.0808. The van der Waals surface area contributed by atoms with Gasteiger partial charge in [0.15, 0.2) is 0 Å². The average molecular weight is 290 g/mol. The second-order valence-electron chi connectivity index (χ2n) is 6.05. The molecule has 0 bridgehead atoms. The van der Waals surface area contributed by atoms with Gasteiger partial charge in [-0.15, -0.1) is 0 Å². The summed E-state index contributed by atoms with van der Waals surface area (Å²) in [6, 6.07) is 8.87. The van der Waals surface area contributed by atoms with Gasteiger partial charge in [-0.1, -0.05) is 52.0 Å². The molecule has 0 spiro atoms. The molecule has 2 atom stereocenters. The number of rotatable bonds is 8. The van der Waals surface area contributed by atoms with Crippen LogP contribution in [0.15, 0.2) is 24.3 Å². The van der Waals surface area contributed by atoms with Gasteiger partial charge in [0.2, 0.25) is 5.91 Å². The molecule has 0 saturated heterocycles. The Morgan fingerprint density at radius 2 is 1.71 bits per heavy atom. The van der Waals surface area contributed by atoms with Crippen molar-refractivity contribution in [1.29, 1.82) is 0 Å². The zero-order valence-electron chi connectivity index (χ0n) is 14.1. The summed E-state index contributed by atoms with van der Waals surface area (Å²) in [6.45, 7) is 11.4. The SMILES string of the molecule is CCNC(C)CC(=O)NC(c1ccc(CC)cc1)C(C)C. The molecule has 3 heteroatoms. The molecule has 0 radical (unpaired) electrons. The zero-order chi connectivity index (χ0) is 15.8. The molecule has 0 aromatic heterocycles. The Hall–Kier alpha value is -1.35. The van der Waals surface area contributed by atoms with Gasteiger partial charge >= 0.3 is 0 Å². The van der Waals surface area contributed by atoms with Crippen LogP contribution >= 0.6 is 0 Å². The van der Waals surface area contributed by atoms with Crippen LogP contribution in [-0.4, -0.2) is 18.5 Å². The van der Waals surface area contributed by atoms with E-state index in [1.165, 1.54) is 11.1 Å². The first-order valence-corrected chi connectivity index (χ1v) is 8.09. The second-order valence-corrected chi connectivity index (χ2v) is 6.05. The lowest BCUT2D eigenvalue weighted by Crippen LogP contribution is -2.37. The van der Waals surface area contributed by atoms with Gasteiger partial charge in [0, 0.05) is 12.5 Å². The van der Waals surface area contributed by atoms with Gasteiger partial charge in [-0.2, -0.15) is 0 Å². The highest BCUT2D eigenvalue weighted by Crippen LogP contribution is 2.22. The van der Waals surface area contributed by atoms with Crippen molar-refractivity contribution < 1.29 is 4.79 Å². The lowest BCUT2D eigenvalue weighted by Gasteiger charge is -2.24. The summed E-state index contributed by atoms with van der Waals surface area (Å²) in [7, 11) is 0. The standard InChI is InChI=1S/C18H30N2O/c1-6-15-8-10-16(11-9-15)18(13(3)4)20-17(21)12-14(5)19-7-2/h8-11,13-14,18-19H,6-7,12H2,1-5H3,(H,20,21). The second kappa shape index (κ2) is 8.83. The molecule has 2 N–H and O–H groups in total. The number of carbonyl (C=O) groups is 1. The molecule has 0 aliphatic carbocycles. The molecule has 0 heterocycles. The molecule has 1 aromatic rings. The summed E-state index contributed by atoms with van der Waals surface area (Å²) in [5.74, 6) is 0.484. The lowest BCUT2D eigenvalue weighted by atomic mass is 9.94. The summed E-state index contributed by atoms with van der Waals surface area (Å²) in [5, 5.41) is 6.45. The molecule has 0 aliphatic rings. The van der Waals surface area contributed by atoms with Crippen LogP contribution in [0.1, 0.15) is 58.2 Å². The van der Waals surface area contributed by atoms with Gasteiger partial charge in [0.1, 0.15) is 0 Å². The van der Waals surface area contributed by atoms with Crippen LogP contribution in [0.5, 0.6) is 0 Å². The first-order valence-electron chi connectivity index (χ1n) is 8.09. The van der Waals surface area contributed by atoms with Gasteiger partial charge in [-0.05, 0) is 36.9 Å². The van der Waals surface area contributed by atoms with Gasteiger partial charge in [-0.25, -0.2) is 0 Å². The number of hydrogen-bond donors (Lipinski definition) is 2. The lowest BCUT2D eigenvalue weighted by molar-refractivity contribution is -0.122. The van der Waals surface area contributed by atoms with E-state index in [1.54, 1.807) is 0 Å². The molecule has 0 saturated carbocycles. The number of carbonyl (C=O) groups excluding carboxylic acids is 1. The number of benzene rings is 1. The molecular weight excluding hydrogens is 260 g/mol. The third-order valence-electron chi connectivity index (χ3n) is 3.77. The van der Waals surface area contributed by atoms with Gasteiger partial charge in [-0.3, -0.25) is 4.79 Å². The zero-order valence-corrected chi connectivity index (χ0v) is 14.1.